The summed E-state index contributed by atoms with van der Waals surface area (Å²) < 4.78 is 52.2. The van der Waals surface area contributed by atoms with Crippen molar-refractivity contribution in [3.8, 4) is 28.9 Å². The lowest BCUT2D eigenvalue weighted by molar-refractivity contribution is -0.138. The van der Waals surface area contributed by atoms with Gasteiger partial charge in [0.05, 0.1) is 5.69 Å². The van der Waals surface area contributed by atoms with Gasteiger partial charge in [0.15, 0.2) is 0 Å². The summed E-state index contributed by atoms with van der Waals surface area (Å²) in [7, 11) is 1.78. The van der Waals surface area contributed by atoms with Crippen LogP contribution in [-0.4, -0.2) is 14.9 Å². The first-order chi connectivity index (χ1) is 13.2. The Bertz CT molecular complexity index is 980. The number of halogens is 3. The van der Waals surface area contributed by atoms with E-state index >= 15 is 0 Å². The van der Waals surface area contributed by atoms with Crippen LogP contribution in [0.15, 0.2) is 42.5 Å². The quantitative estimate of drug-likeness (QED) is 0.614. The monoisotopic (exact) mass is 392 g/mol. The van der Waals surface area contributed by atoms with Gasteiger partial charge in [-0.3, -0.25) is 0 Å². The van der Waals surface area contributed by atoms with E-state index in [-0.39, 0.29) is 5.75 Å². The second-order valence-corrected chi connectivity index (χ2v) is 6.21. The Morgan fingerprint density at radius 1 is 1.04 bits per heavy atom. The fourth-order valence-electron chi connectivity index (χ4n) is 2.79. The number of aromatic nitrogens is 2. The van der Waals surface area contributed by atoms with Crippen molar-refractivity contribution in [2.45, 2.75) is 26.4 Å². The van der Waals surface area contributed by atoms with Crippen LogP contribution in [0.3, 0.4) is 0 Å². The molecule has 0 saturated heterocycles. The summed E-state index contributed by atoms with van der Waals surface area (Å²) in [6, 6.07) is 9.06. The number of ether oxygens (including phenoxy) is 2. The van der Waals surface area contributed by atoms with E-state index in [2.05, 4.69) is 5.10 Å². The van der Waals surface area contributed by atoms with Gasteiger partial charge < -0.3 is 14.6 Å². The van der Waals surface area contributed by atoms with E-state index < -0.39 is 23.2 Å². The molecule has 1 heterocycles. The lowest BCUT2D eigenvalue weighted by atomic mass is 10.2. The van der Waals surface area contributed by atoms with E-state index in [0.29, 0.717) is 17.7 Å². The number of aromatic hydroxyl groups is 1. The van der Waals surface area contributed by atoms with Gasteiger partial charge >= 0.3 is 6.18 Å². The highest BCUT2D eigenvalue weighted by Crippen LogP contribution is 2.40. The van der Waals surface area contributed by atoms with Crippen LogP contribution in [0, 0.1) is 6.92 Å². The van der Waals surface area contributed by atoms with Crippen LogP contribution in [0.2, 0.25) is 0 Å². The molecule has 0 amide bonds. The Hall–Kier alpha value is -3.16. The van der Waals surface area contributed by atoms with Crippen molar-refractivity contribution in [3.05, 3.63) is 59.3 Å². The number of phenols is 1. The van der Waals surface area contributed by atoms with Crippen LogP contribution in [0.1, 0.15) is 23.7 Å². The highest BCUT2D eigenvalue weighted by molar-refractivity contribution is 5.45. The summed E-state index contributed by atoms with van der Waals surface area (Å²) >= 11 is 0. The van der Waals surface area contributed by atoms with E-state index in [9.17, 15) is 18.3 Å². The average Bonchev–Trinajstić information content (AvgIpc) is 2.91. The van der Waals surface area contributed by atoms with Crippen LogP contribution in [0.5, 0.6) is 28.9 Å². The van der Waals surface area contributed by atoms with E-state index in [1.165, 1.54) is 12.1 Å². The van der Waals surface area contributed by atoms with Gasteiger partial charge in [0.1, 0.15) is 28.6 Å². The average molecular weight is 392 g/mol. The van der Waals surface area contributed by atoms with E-state index in [1.54, 1.807) is 23.9 Å². The highest BCUT2D eigenvalue weighted by Gasteiger charge is 2.35. The van der Waals surface area contributed by atoms with Crippen LogP contribution in [-0.2, 0) is 19.6 Å². The first-order valence-corrected chi connectivity index (χ1v) is 8.57. The van der Waals surface area contributed by atoms with Crippen molar-refractivity contribution >= 4 is 0 Å². The molecule has 3 rings (SSSR count). The predicted molar refractivity (Wildman–Crippen MR) is 97.0 cm³/mol. The molecule has 0 aliphatic heterocycles. The minimum absolute atomic E-state index is 0.208. The van der Waals surface area contributed by atoms with Crippen LogP contribution < -0.4 is 9.47 Å². The van der Waals surface area contributed by atoms with Gasteiger partial charge in [-0.2, -0.15) is 18.3 Å². The molecule has 0 radical (unpaired) electrons. The number of rotatable bonds is 5. The number of aryl methyl sites for hydroxylation is 2. The van der Waals surface area contributed by atoms with Crippen LogP contribution >= 0.6 is 0 Å². The molecule has 0 bridgehead atoms. The number of benzene rings is 2. The van der Waals surface area contributed by atoms with Gasteiger partial charge in [0, 0.05) is 12.6 Å². The predicted octanol–water partition coefficient (Wildman–Crippen LogP) is 5.60. The molecular formula is C20H19F3N2O3. The standard InChI is InChI=1S/C20H19F3N2O3/c1-4-17-12(2)19(25(3)24-17)28-15-8-6-14(7-9-15)27-18-10-5-13(26)11-16(18)20(21,22)23/h5-11,26H,4H2,1-3H3. The molecule has 1 N–H and O–H groups in total. The molecule has 2 aromatic carbocycles. The molecule has 3 aromatic rings. The minimum atomic E-state index is -4.65. The van der Waals surface area contributed by atoms with Crippen molar-refractivity contribution in [1.82, 2.24) is 9.78 Å². The third-order valence-corrected chi connectivity index (χ3v) is 4.19. The maximum atomic E-state index is 13.1. The summed E-state index contributed by atoms with van der Waals surface area (Å²) in [6.07, 6.45) is -3.87. The van der Waals surface area contributed by atoms with E-state index in [1.807, 2.05) is 13.8 Å². The van der Waals surface area contributed by atoms with Crippen molar-refractivity contribution in [2.24, 2.45) is 7.05 Å². The third-order valence-electron chi connectivity index (χ3n) is 4.19. The SMILES string of the molecule is CCc1nn(C)c(Oc2ccc(Oc3ccc(O)cc3C(F)(F)F)cc2)c1C. The van der Waals surface area contributed by atoms with Gasteiger partial charge in [0.2, 0.25) is 5.88 Å². The summed E-state index contributed by atoms with van der Waals surface area (Å²) in [5, 5.41) is 13.7. The lowest BCUT2D eigenvalue weighted by Gasteiger charge is -2.14. The molecule has 0 saturated carbocycles. The molecule has 0 atom stereocenters. The van der Waals surface area contributed by atoms with E-state index in [0.717, 1.165) is 29.8 Å². The summed E-state index contributed by atoms with van der Waals surface area (Å²) in [6.45, 7) is 3.92. The number of alkyl halides is 3. The summed E-state index contributed by atoms with van der Waals surface area (Å²) in [5.74, 6) is 0.432. The maximum absolute atomic E-state index is 13.1. The number of nitrogens with zero attached hydrogens (tertiary/aromatic N) is 2. The molecule has 28 heavy (non-hydrogen) atoms. The summed E-state index contributed by atoms with van der Waals surface area (Å²) in [4.78, 5) is 0. The highest BCUT2D eigenvalue weighted by atomic mass is 19.4. The van der Waals surface area contributed by atoms with Crippen molar-refractivity contribution in [3.63, 3.8) is 0 Å². The fraction of sp³-hybridized carbons (Fsp3) is 0.250. The second kappa shape index (κ2) is 7.46. The van der Waals surface area contributed by atoms with Crippen molar-refractivity contribution in [2.75, 3.05) is 0 Å². The van der Waals surface area contributed by atoms with Crippen molar-refractivity contribution in [1.29, 1.82) is 0 Å². The molecule has 1 aromatic heterocycles. The maximum Gasteiger partial charge on any atom is 0.420 e. The van der Waals surface area contributed by atoms with Gasteiger partial charge in [-0.15, -0.1) is 0 Å². The fourth-order valence-corrected chi connectivity index (χ4v) is 2.79. The van der Waals surface area contributed by atoms with Crippen LogP contribution in [0.25, 0.3) is 0 Å². The molecule has 148 valence electrons. The first kappa shape index (κ1) is 19.6. The first-order valence-electron chi connectivity index (χ1n) is 8.57. The Balaban J connectivity index is 1.80. The molecule has 0 aliphatic rings. The largest absolute Gasteiger partial charge is 0.508 e. The Morgan fingerprint density at radius 2 is 1.64 bits per heavy atom. The molecule has 0 spiro atoms. The zero-order chi connectivity index (χ0) is 20.5. The molecule has 0 unspecified atom stereocenters. The second-order valence-electron chi connectivity index (χ2n) is 6.21. The number of hydrogen-bond acceptors (Lipinski definition) is 4. The zero-order valence-corrected chi connectivity index (χ0v) is 15.5. The molecule has 8 heteroatoms. The molecular weight excluding hydrogens is 373 g/mol. The van der Waals surface area contributed by atoms with E-state index in [4.69, 9.17) is 9.47 Å². The van der Waals surface area contributed by atoms with Gasteiger partial charge in [-0.05, 0) is 55.8 Å². The molecule has 0 fully saturated rings. The van der Waals surface area contributed by atoms with Crippen molar-refractivity contribution < 1.29 is 27.8 Å². The van der Waals surface area contributed by atoms with Crippen LogP contribution in [0.4, 0.5) is 13.2 Å². The normalized spacial score (nSPS) is 11.5. The van der Waals surface area contributed by atoms with Gasteiger partial charge in [-0.1, -0.05) is 6.92 Å². The molecule has 5 nitrogen and oxygen atoms in total. The van der Waals surface area contributed by atoms with Gasteiger partial charge in [0.25, 0.3) is 0 Å². The number of hydrogen-bond donors (Lipinski definition) is 1. The lowest BCUT2D eigenvalue weighted by Crippen LogP contribution is -2.07. The smallest absolute Gasteiger partial charge is 0.420 e. The Morgan fingerprint density at radius 3 is 2.18 bits per heavy atom. The molecule has 0 aliphatic carbocycles. The zero-order valence-electron chi connectivity index (χ0n) is 15.5. The topological polar surface area (TPSA) is 56.5 Å². The third kappa shape index (κ3) is 4.05. The Labute approximate surface area is 159 Å². The summed E-state index contributed by atoms with van der Waals surface area (Å²) in [5.41, 5.74) is 0.819. The van der Waals surface area contributed by atoms with Gasteiger partial charge in [-0.25, -0.2) is 4.68 Å². The minimum Gasteiger partial charge on any atom is -0.508 e. The number of phenolic OH excluding ortho intramolecular Hbond substituents is 1. The Kier molecular flexibility index (Phi) is 5.22.